The Kier molecular flexibility index (Phi) is 3.70. The first-order chi connectivity index (χ1) is 9.69. The van der Waals surface area contributed by atoms with Crippen molar-refractivity contribution >= 4 is 21.7 Å². The fourth-order valence-electron chi connectivity index (χ4n) is 2.10. The number of halogens is 2. The SMILES string of the molecule is CCNc1nc(-c2ccc(F)cc2)nc(C2CC2)c1Br. The average molecular weight is 336 g/mol. The molecule has 1 N–H and O–H groups in total. The van der Waals surface area contributed by atoms with Gasteiger partial charge in [-0.1, -0.05) is 0 Å². The van der Waals surface area contributed by atoms with E-state index in [2.05, 4.69) is 31.2 Å². The Morgan fingerprint density at radius 3 is 2.55 bits per heavy atom. The first-order valence-electron chi connectivity index (χ1n) is 6.76. The molecule has 0 aliphatic heterocycles. The van der Waals surface area contributed by atoms with E-state index < -0.39 is 0 Å². The lowest BCUT2D eigenvalue weighted by Gasteiger charge is -2.12. The largest absolute Gasteiger partial charge is 0.369 e. The highest BCUT2D eigenvalue weighted by Gasteiger charge is 2.29. The van der Waals surface area contributed by atoms with Crippen molar-refractivity contribution < 1.29 is 4.39 Å². The summed E-state index contributed by atoms with van der Waals surface area (Å²) in [6.45, 7) is 2.82. The van der Waals surface area contributed by atoms with Crippen LogP contribution in [0.4, 0.5) is 10.2 Å². The third-order valence-corrected chi connectivity index (χ3v) is 4.07. The number of nitrogens with one attached hydrogen (secondary N) is 1. The van der Waals surface area contributed by atoms with E-state index in [1.165, 1.54) is 25.0 Å². The molecule has 1 saturated carbocycles. The molecule has 0 radical (unpaired) electrons. The predicted molar refractivity (Wildman–Crippen MR) is 81.3 cm³/mol. The Bertz CT molecular complexity index is 624. The molecule has 1 aliphatic carbocycles. The van der Waals surface area contributed by atoms with Crippen LogP contribution in [0.5, 0.6) is 0 Å². The van der Waals surface area contributed by atoms with Gasteiger partial charge in [-0.25, -0.2) is 14.4 Å². The van der Waals surface area contributed by atoms with Gasteiger partial charge < -0.3 is 5.32 Å². The highest BCUT2D eigenvalue weighted by Crippen LogP contribution is 2.44. The summed E-state index contributed by atoms with van der Waals surface area (Å²) in [4.78, 5) is 9.20. The van der Waals surface area contributed by atoms with Crippen molar-refractivity contribution in [1.82, 2.24) is 9.97 Å². The highest BCUT2D eigenvalue weighted by molar-refractivity contribution is 9.10. The summed E-state index contributed by atoms with van der Waals surface area (Å²) in [7, 11) is 0. The van der Waals surface area contributed by atoms with Gasteiger partial charge in [0.25, 0.3) is 0 Å². The summed E-state index contributed by atoms with van der Waals surface area (Å²) in [6, 6.07) is 6.30. The second-order valence-electron chi connectivity index (χ2n) is 4.91. The number of benzene rings is 1. The summed E-state index contributed by atoms with van der Waals surface area (Å²) in [5.41, 5.74) is 1.88. The molecule has 1 aromatic carbocycles. The molecule has 1 fully saturated rings. The number of hydrogen-bond acceptors (Lipinski definition) is 3. The van der Waals surface area contributed by atoms with Crippen molar-refractivity contribution in [3.63, 3.8) is 0 Å². The monoisotopic (exact) mass is 335 g/mol. The normalized spacial score (nSPS) is 14.3. The minimum Gasteiger partial charge on any atom is -0.369 e. The van der Waals surface area contributed by atoms with Crippen LogP contribution in [0.2, 0.25) is 0 Å². The van der Waals surface area contributed by atoms with Gasteiger partial charge in [0.2, 0.25) is 0 Å². The summed E-state index contributed by atoms with van der Waals surface area (Å²) < 4.78 is 14.0. The average Bonchev–Trinajstić information content (AvgIpc) is 3.27. The molecule has 2 aromatic rings. The molecule has 3 rings (SSSR count). The lowest BCUT2D eigenvalue weighted by atomic mass is 10.2. The van der Waals surface area contributed by atoms with Gasteiger partial charge in [0, 0.05) is 18.0 Å². The molecular formula is C15H15BrFN3. The van der Waals surface area contributed by atoms with E-state index in [1.54, 1.807) is 12.1 Å². The van der Waals surface area contributed by atoms with Gasteiger partial charge in [0.05, 0.1) is 10.2 Å². The maximum absolute atomic E-state index is 13.0. The maximum atomic E-state index is 13.0. The van der Waals surface area contributed by atoms with Gasteiger partial charge in [0.15, 0.2) is 5.82 Å². The Morgan fingerprint density at radius 2 is 1.95 bits per heavy atom. The Morgan fingerprint density at radius 1 is 1.25 bits per heavy atom. The molecule has 1 aliphatic rings. The van der Waals surface area contributed by atoms with E-state index in [9.17, 15) is 4.39 Å². The number of hydrogen-bond donors (Lipinski definition) is 1. The van der Waals surface area contributed by atoms with Crippen LogP contribution in [0.25, 0.3) is 11.4 Å². The summed E-state index contributed by atoms with van der Waals surface area (Å²) in [5.74, 6) is 1.72. The van der Waals surface area contributed by atoms with Crippen LogP contribution in [0.1, 0.15) is 31.4 Å². The van der Waals surface area contributed by atoms with Gasteiger partial charge >= 0.3 is 0 Å². The smallest absolute Gasteiger partial charge is 0.161 e. The Labute approximate surface area is 125 Å². The third-order valence-electron chi connectivity index (χ3n) is 3.29. The van der Waals surface area contributed by atoms with Crippen LogP contribution in [0.15, 0.2) is 28.7 Å². The van der Waals surface area contributed by atoms with Crippen LogP contribution in [-0.2, 0) is 0 Å². The first-order valence-corrected chi connectivity index (χ1v) is 7.55. The molecule has 0 saturated heterocycles. The first kappa shape index (κ1) is 13.5. The highest BCUT2D eigenvalue weighted by atomic mass is 79.9. The zero-order valence-corrected chi connectivity index (χ0v) is 12.7. The van der Waals surface area contributed by atoms with E-state index in [0.29, 0.717) is 11.7 Å². The van der Waals surface area contributed by atoms with E-state index >= 15 is 0 Å². The molecular weight excluding hydrogens is 321 g/mol. The lowest BCUT2D eigenvalue weighted by molar-refractivity contribution is 0.628. The molecule has 20 heavy (non-hydrogen) atoms. The quantitative estimate of drug-likeness (QED) is 0.902. The van der Waals surface area contributed by atoms with Gasteiger partial charge in [-0.05, 0) is 60.0 Å². The van der Waals surface area contributed by atoms with Crippen LogP contribution in [0.3, 0.4) is 0 Å². The van der Waals surface area contributed by atoms with E-state index in [-0.39, 0.29) is 5.82 Å². The van der Waals surface area contributed by atoms with Gasteiger partial charge in [0.1, 0.15) is 11.6 Å². The minimum absolute atomic E-state index is 0.250. The molecule has 0 atom stereocenters. The fraction of sp³-hybridized carbons (Fsp3) is 0.333. The van der Waals surface area contributed by atoms with Gasteiger partial charge in [-0.15, -0.1) is 0 Å². The molecule has 0 amide bonds. The lowest BCUT2D eigenvalue weighted by Crippen LogP contribution is -2.05. The van der Waals surface area contributed by atoms with Crippen molar-refractivity contribution in [3.8, 4) is 11.4 Å². The van der Waals surface area contributed by atoms with Crippen LogP contribution >= 0.6 is 15.9 Å². The summed E-state index contributed by atoms with van der Waals surface area (Å²) in [6.07, 6.45) is 2.34. The van der Waals surface area contributed by atoms with Crippen molar-refractivity contribution in [3.05, 3.63) is 40.2 Å². The van der Waals surface area contributed by atoms with Crippen LogP contribution < -0.4 is 5.32 Å². The minimum atomic E-state index is -0.250. The third kappa shape index (κ3) is 2.68. The topological polar surface area (TPSA) is 37.8 Å². The standard InChI is InChI=1S/C15H15BrFN3/c1-2-18-15-12(16)13(9-3-4-9)19-14(20-15)10-5-7-11(17)8-6-10/h5-9H,2-4H2,1H3,(H,18,19,20). The fourth-order valence-corrected chi connectivity index (χ4v) is 2.75. The van der Waals surface area contributed by atoms with Crippen molar-refractivity contribution in [2.45, 2.75) is 25.7 Å². The maximum Gasteiger partial charge on any atom is 0.161 e. The van der Waals surface area contributed by atoms with Crippen molar-refractivity contribution in [2.24, 2.45) is 0 Å². The molecule has 5 heteroatoms. The second-order valence-corrected chi connectivity index (χ2v) is 5.70. The summed E-state index contributed by atoms with van der Waals surface area (Å²) in [5, 5.41) is 3.25. The molecule has 0 spiro atoms. The zero-order chi connectivity index (χ0) is 14.1. The number of anilines is 1. The van der Waals surface area contributed by atoms with Gasteiger partial charge in [-0.2, -0.15) is 0 Å². The van der Waals surface area contributed by atoms with Crippen molar-refractivity contribution in [2.75, 3.05) is 11.9 Å². The number of rotatable bonds is 4. The van der Waals surface area contributed by atoms with Crippen LogP contribution in [0, 0.1) is 5.82 Å². The van der Waals surface area contributed by atoms with Gasteiger partial charge in [-0.3, -0.25) is 0 Å². The Balaban J connectivity index is 2.07. The zero-order valence-electron chi connectivity index (χ0n) is 11.2. The molecule has 3 nitrogen and oxygen atoms in total. The van der Waals surface area contributed by atoms with Crippen molar-refractivity contribution in [1.29, 1.82) is 0 Å². The number of aromatic nitrogens is 2. The van der Waals surface area contributed by atoms with E-state index in [4.69, 9.17) is 0 Å². The second kappa shape index (κ2) is 5.48. The van der Waals surface area contributed by atoms with E-state index in [1.807, 2.05) is 6.92 Å². The van der Waals surface area contributed by atoms with E-state index in [0.717, 1.165) is 28.1 Å². The number of nitrogens with zero attached hydrogens (tertiary/aromatic N) is 2. The molecule has 104 valence electrons. The molecule has 0 unspecified atom stereocenters. The predicted octanol–water partition coefficient (Wildman–Crippen LogP) is 4.35. The Hall–Kier alpha value is -1.49. The summed E-state index contributed by atoms with van der Waals surface area (Å²) >= 11 is 3.59. The molecule has 1 heterocycles. The molecule has 1 aromatic heterocycles. The van der Waals surface area contributed by atoms with Crippen LogP contribution in [-0.4, -0.2) is 16.5 Å². The molecule has 0 bridgehead atoms.